The number of benzene rings is 1. The van der Waals surface area contributed by atoms with Crippen molar-refractivity contribution in [2.24, 2.45) is 0 Å². The Hall–Kier alpha value is -1.22. The van der Waals surface area contributed by atoms with Crippen LogP contribution in [0.25, 0.3) is 0 Å². The fourth-order valence-electron chi connectivity index (χ4n) is 2.02. The SMILES string of the molecule is CCC(CC)NCC(C)Oc1cccc(N(C)C)c1. The minimum absolute atomic E-state index is 0.179. The van der Waals surface area contributed by atoms with Gasteiger partial charge < -0.3 is 15.0 Å². The van der Waals surface area contributed by atoms with E-state index in [-0.39, 0.29) is 6.10 Å². The first-order valence-corrected chi connectivity index (χ1v) is 7.24. The Balaban J connectivity index is 2.47. The molecule has 0 saturated carbocycles. The fourth-order valence-corrected chi connectivity index (χ4v) is 2.02. The van der Waals surface area contributed by atoms with E-state index in [0.717, 1.165) is 18.0 Å². The first-order chi connectivity index (χ1) is 9.06. The van der Waals surface area contributed by atoms with Crippen molar-refractivity contribution in [1.29, 1.82) is 0 Å². The zero-order chi connectivity index (χ0) is 14.3. The van der Waals surface area contributed by atoms with Crippen molar-refractivity contribution in [3.8, 4) is 5.75 Å². The molecule has 0 aliphatic carbocycles. The van der Waals surface area contributed by atoms with Gasteiger partial charge in [0, 0.05) is 38.4 Å². The number of nitrogens with zero attached hydrogens (tertiary/aromatic N) is 1. The third-order valence-electron chi connectivity index (χ3n) is 3.35. The summed E-state index contributed by atoms with van der Waals surface area (Å²) >= 11 is 0. The molecule has 0 aliphatic heterocycles. The molecule has 3 heteroatoms. The molecule has 0 amide bonds. The largest absolute Gasteiger partial charge is 0.489 e. The van der Waals surface area contributed by atoms with Crippen molar-refractivity contribution >= 4 is 5.69 Å². The monoisotopic (exact) mass is 264 g/mol. The number of ether oxygens (including phenoxy) is 1. The normalized spacial score (nSPS) is 12.5. The highest BCUT2D eigenvalue weighted by Gasteiger charge is 2.08. The molecule has 1 aromatic rings. The summed E-state index contributed by atoms with van der Waals surface area (Å²) in [5, 5.41) is 3.54. The van der Waals surface area contributed by atoms with E-state index in [2.05, 4.69) is 43.1 Å². The molecule has 0 aromatic heterocycles. The molecule has 1 aromatic carbocycles. The molecule has 1 N–H and O–H groups in total. The molecule has 19 heavy (non-hydrogen) atoms. The van der Waals surface area contributed by atoms with Crippen LogP contribution < -0.4 is 15.0 Å². The second kappa shape index (κ2) is 8.05. The molecular formula is C16H28N2O. The molecule has 1 unspecified atom stereocenters. The average Bonchev–Trinajstić information content (AvgIpc) is 2.40. The van der Waals surface area contributed by atoms with Gasteiger partial charge in [0.05, 0.1) is 0 Å². The van der Waals surface area contributed by atoms with Crippen LogP contribution in [0, 0.1) is 0 Å². The van der Waals surface area contributed by atoms with E-state index in [1.807, 2.05) is 26.2 Å². The second-order valence-electron chi connectivity index (χ2n) is 5.24. The quantitative estimate of drug-likeness (QED) is 0.779. The minimum Gasteiger partial charge on any atom is -0.489 e. The summed E-state index contributed by atoms with van der Waals surface area (Å²) in [5.41, 5.74) is 1.16. The summed E-state index contributed by atoms with van der Waals surface area (Å²) in [4.78, 5) is 2.08. The van der Waals surface area contributed by atoms with Crippen molar-refractivity contribution in [2.75, 3.05) is 25.5 Å². The standard InChI is InChI=1S/C16H28N2O/c1-6-14(7-2)17-12-13(3)19-16-10-8-9-15(11-16)18(4)5/h8-11,13-14,17H,6-7,12H2,1-5H3. The molecule has 0 radical (unpaired) electrons. The highest BCUT2D eigenvalue weighted by molar-refractivity contribution is 5.49. The van der Waals surface area contributed by atoms with E-state index in [1.165, 1.54) is 12.8 Å². The number of anilines is 1. The van der Waals surface area contributed by atoms with E-state index in [9.17, 15) is 0 Å². The molecule has 108 valence electrons. The van der Waals surface area contributed by atoms with Crippen LogP contribution in [0.4, 0.5) is 5.69 Å². The molecule has 0 heterocycles. The molecule has 3 nitrogen and oxygen atoms in total. The molecule has 0 fully saturated rings. The number of hydrogen-bond donors (Lipinski definition) is 1. The maximum atomic E-state index is 5.96. The Morgan fingerprint density at radius 1 is 1.21 bits per heavy atom. The van der Waals surface area contributed by atoms with Crippen molar-refractivity contribution in [3.05, 3.63) is 24.3 Å². The average molecular weight is 264 g/mol. The van der Waals surface area contributed by atoms with Gasteiger partial charge in [-0.3, -0.25) is 0 Å². The fraction of sp³-hybridized carbons (Fsp3) is 0.625. The third-order valence-corrected chi connectivity index (χ3v) is 3.35. The zero-order valence-electron chi connectivity index (χ0n) is 12.9. The van der Waals surface area contributed by atoms with E-state index < -0.39 is 0 Å². The van der Waals surface area contributed by atoms with Crippen molar-refractivity contribution in [1.82, 2.24) is 5.32 Å². The topological polar surface area (TPSA) is 24.5 Å². The predicted octanol–water partition coefficient (Wildman–Crippen LogP) is 3.30. The summed E-state index contributed by atoms with van der Waals surface area (Å²) in [6.07, 6.45) is 2.51. The lowest BCUT2D eigenvalue weighted by Gasteiger charge is -2.21. The second-order valence-corrected chi connectivity index (χ2v) is 5.24. The van der Waals surface area contributed by atoms with Crippen molar-refractivity contribution in [2.45, 2.75) is 45.8 Å². The van der Waals surface area contributed by atoms with Crippen LogP contribution in [-0.2, 0) is 0 Å². The maximum absolute atomic E-state index is 5.96. The van der Waals surface area contributed by atoms with Gasteiger partial charge >= 0.3 is 0 Å². The van der Waals surface area contributed by atoms with Gasteiger partial charge in [0.25, 0.3) is 0 Å². The smallest absolute Gasteiger partial charge is 0.121 e. The van der Waals surface area contributed by atoms with Gasteiger partial charge in [-0.1, -0.05) is 19.9 Å². The van der Waals surface area contributed by atoms with Crippen LogP contribution in [0.15, 0.2) is 24.3 Å². The lowest BCUT2D eigenvalue weighted by atomic mass is 10.1. The van der Waals surface area contributed by atoms with Crippen LogP contribution in [0.2, 0.25) is 0 Å². The maximum Gasteiger partial charge on any atom is 0.121 e. The third kappa shape index (κ3) is 5.52. The van der Waals surface area contributed by atoms with Crippen LogP contribution >= 0.6 is 0 Å². The Morgan fingerprint density at radius 2 is 1.89 bits per heavy atom. The molecule has 0 saturated heterocycles. The number of nitrogens with one attached hydrogen (secondary N) is 1. The Morgan fingerprint density at radius 3 is 2.47 bits per heavy atom. The summed E-state index contributed by atoms with van der Waals surface area (Å²) in [6.45, 7) is 7.43. The molecule has 0 bridgehead atoms. The Kier molecular flexibility index (Phi) is 6.71. The van der Waals surface area contributed by atoms with Gasteiger partial charge in [-0.05, 0) is 31.9 Å². The summed E-state index contributed by atoms with van der Waals surface area (Å²) < 4.78 is 5.96. The highest BCUT2D eigenvalue weighted by Crippen LogP contribution is 2.20. The summed E-state index contributed by atoms with van der Waals surface area (Å²) in [7, 11) is 4.08. The van der Waals surface area contributed by atoms with Gasteiger partial charge in [0.1, 0.15) is 11.9 Å². The predicted molar refractivity (Wildman–Crippen MR) is 83.2 cm³/mol. The minimum atomic E-state index is 0.179. The van der Waals surface area contributed by atoms with Crippen LogP contribution in [-0.4, -0.2) is 32.8 Å². The summed E-state index contributed by atoms with van der Waals surface area (Å²) in [6, 6.07) is 8.80. The van der Waals surface area contributed by atoms with Gasteiger partial charge in [-0.2, -0.15) is 0 Å². The van der Waals surface area contributed by atoms with E-state index in [1.54, 1.807) is 0 Å². The molecule has 0 aliphatic rings. The van der Waals surface area contributed by atoms with Crippen molar-refractivity contribution < 1.29 is 4.74 Å². The Labute approximate surface area is 118 Å². The molecule has 1 rings (SSSR count). The molecular weight excluding hydrogens is 236 g/mol. The van der Waals surface area contributed by atoms with E-state index in [0.29, 0.717) is 6.04 Å². The van der Waals surface area contributed by atoms with Crippen LogP contribution in [0.1, 0.15) is 33.6 Å². The van der Waals surface area contributed by atoms with Gasteiger partial charge in [-0.15, -0.1) is 0 Å². The first-order valence-electron chi connectivity index (χ1n) is 7.24. The highest BCUT2D eigenvalue weighted by atomic mass is 16.5. The summed E-state index contributed by atoms with van der Waals surface area (Å²) in [5.74, 6) is 0.935. The Bertz CT molecular complexity index is 362. The number of rotatable bonds is 8. The van der Waals surface area contributed by atoms with Gasteiger partial charge in [-0.25, -0.2) is 0 Å². The lowest BCUT2D eigenvalue weighted by molar-refractivity contribution is 0.210. The van der Waals surface area contributed by atoms with Crippen LogP contribution in [0.3, 0.4) is 0 Å². The van der Waals surface area contributed by atoms with Gasteiger partial charge in [0.15, 0.2) is 0 Å². The van der Waals surface area contributed by atoms with Crippen molar-refractivity contribution in [3.63, 3.8) is 0 Å². The van der Waals surface area contributed by atoms with E-state index >= 15 is 0 Å². The van der Waals surface area contributed by atoms with E-state index in [4.69, 9.17) is 4.74 Å². The van der Waals surface area contributed by atoms with Gasteiger partial charge in [0.2, 0.25) is 0 Å². The molecule has 1 atom stereocenters. The van der Waals surface area contributed by atoms with Crippen LogP contribution in [0.5, 0.6) is 5.75 Å². The lowest BCUT2D eigenvalue weighted by Crippen LogP contribution is -2.36. The number of hydrogen-bond acceptors (Lipinski definition) is 3. The first kappa shape index (κ1) is 15.8. The zero-order valence-corrected chi connectivity index (χ0v) is 12.9. The molecule has 0 spiro atoms.